The molecule has 0 saturated carbocycles. The smallest absolute Gasteiger partial charge is 0.332 e. The number of hydrogen-bond acceptors (Lipinski definition) is 6. The number of rotatable bonds is 3. The van der Waals surface area contributed by atoms with Crippen molar-refractivity contribution in [2.24, 2.45) is 0 Å². The number of aliphatic carboxylic acids is 1. The minimum atomic E-state index is -0.981. The first-order valence-electron chi connectivity index (χ1n) is 5.48. The number of ether oxygens (including phenoxy) is 2. The largest absolute Gasteiger partial charge is 0.478 e. The Morgan fingerprint density at radius 3 is 1.45 bits per heavy atom. The minimum Gasteiger partial charge on any atom is -0.478 e. The molecule has 0 aromatic heterocycles. The number of carboxylic acid groups (broad SMARTS) is 1. The quantitative estimate of drug-likeness (QED) is 0.482. The topological polar surface area (TPSA) is 114 Å². The Labute approximate surface area is 130 Å². The summed E-state index contributed by atoms with van der Waals surface area (Å²) >= 11 is 0. The molecule has 0 rings (SSSR count). The van der Waals surface area contributed by atoms with Gasteiger partial charge in [-0.05, 0) is 6.92 Å². The highest BCUT2D eigenvalue weighted by atomic mass is 16.5. The highest BCUT2D eigenvalue weighted by Crippen LogP contribution is 1.87. The van der Waals surface area contributed by atoms with E-state index < -0.39 is 11.9 Å². The van der Waals surface area contributed by atoms with Crippen molar-refractivity contribution in [1.29, 1.82) is 5.26 Å². The fourth-order valence-corrected chi connectivity index (χ4v) is 0.258. The van der Waals surface area contributed by atoms with Gasteiger partial charge in [0.05, 0.1) is 20.3 Å². The third-order valence-corrected chi connectivity index (χ3v) is 1.17. The van der Waals surface area contributed by atoms with E-state index in [0.29, 0.717) is 5.57 Å². The van der Waals surface area contributed by atoms with Gasteiger partial charge in [0.25, 0.3) is 0 Å². The Balaban J connectivity index is -0.000000100. The molecule has 0 aliphatic heterocycles. The second-order valence-corrected chi connectivity index (χ2v) is 2.87. The maximum Gasteiger partial charge on any atom is 0.332 e. The summed E-state index contributed by atoms with van der Waals surface area (Å²) < 4.78 is 8.42. The molecule has 1 N–H and O–H groups in total. The molecule has 122 valence electrons. The van der Waals surface area contributed by atoms with Crippen molar-refractivity contribution in [3.8, 4) is 6.07 Å². The van der Waals surface area contributed by atoms with E-state index in [9.17, 15) is 14.4 Å². The maximum absolute atomic E-state index is 10.2. The van der Waals surface area contributed by atoms with Gasteiger partial charge in [-0.15, -0.1) is 0 Å². The van der Waals surface area contributed by atoms with Crippen LogP contribution >= 0.6 is 0 Å². The molecule has 0 aliphatic carbocycles. The van der Waals surface area contributed by atoms with Gasteiger partial charge in [0.1, 0.15) is 0 Å². The molecule has 22 heavy (non-hydrogen) atoms. The summed E-state index contributed by atoms with van der Waals surface area (Å²) in [7, 11) is 2.64. The number of carbonyl (C=O) groups is 3. The molecular weight excluding hydrogens is 290 g/mol. The lowest BCUT2D eigenvalue weighted by molar-refractivity contribution is -0.136. The van der Waals surface area contributed by atoms with Crippen molar-refractivity contribution in [3.63, 3.8) is 0 Å². The molecule has 0 amide bonds. The summed E-state index contributed by atoms with van der Waals surface area (Å²) in [5.41, 5.74) is 0.433. The Morgan fingerprint density at radius 2 is 1.45 bits per heavy atom. The second-order valence-electron chi connectivity index (χ2n) is 2.87. The Morgan fingerprint density at radius 1 is 1.09 bits per heavy atom. The zero-order chi connectivity index (χ0) is 18.6. The summed E-state index contributed by atoms with van der Waals surface area (Å²) in [4.78, 5) is 29.3. The van der Waals surface area contributed by atoms with Crippen LogP contribution < -0.4 is 0 Å². The first kappa shape index (κ1) is 27.2. The first-order valence-corrected chi connectivity index (χ1v) is 5.48. The first-order chi connectivity index (χ1) is 10.2. The summed E-state index contributed by atoms with van der Waals surface area (Å²) in [6.07, 6.45) is 3.12. The average molecular weight is 311 g/mol. The molecule has 0 atom stereocenters. The van der Waals surface area contributed by atoms with E-state index in [2.05, 4.69) is 35.8 Å². The lowest BCUT2D eigenvalue weighted by atomic mass is 10.4. The number of carboxylic acids is 1. The number of hydrogen-bond donors (Lipinski definition) is 1. The van der Waals surface area contributed by atoms with Gasteiger partial charge in [0.2, 0.25) is 0 Å². The number of carbonyl (C=O) groups excluding carboxylic acids is 2. The molecule has 0 aromatic carbocycles. The van der Waals surface area contributed by atoms with Gasteiger partial charge in [-0.2, -0.15) is 5.26 Å². The summed E-state index contributed by atoms with van der Waals surface area (Å²) in [5.74, 6) is -1.72. The van der Waals surface area contributed by atoms with E-state index >= 15 is 0 Å². The Bertz CT molecular complexity index is 432. The van der Waals surface area contributed by atoms with Crippen LogP contribution in [-0.2, 0) is 23.9 Å². The monoisotopic (exact) mass is 311 g/mol. The van der Waals surface area contributed by atoms with Gasteiger partial charge in [-0.3, -0.25) is 0 Å². The van der Waals surface area contributed by atoms with Crippen molar-refractivity contribution in [2.75, 3.05) is 14.2 Å². The zero-order valence-corrected chi connectivity index (χ0v) is 13.0. The molecular formula is C15H21NO6. The van der Waals surface area contributed by atoms with Crippen LogP contribution in [0, 0.1) is 11.3 Å². The average Bonchev–Trinajstić information content (AvgIpc) is 2.54. The normalized spacial score (nSPS) is 6.45. The lowest BCUT2D eigenvalue weighted by Gasteiger charge is -1.91. The van der Waals surface area contributed by atoms with Crippen LogP contribution in [0.1, 0.15) is 6.92 Å². The molecule has 0 fully saturated rings. The summed E-state index contributed by atoms with van der Waals surface area (Å²) in [5, 5.41) is 15.1. The molecule has 0 radical (unpaired) electrons. The highest BCUT2D eigenvalue weighted by Gasteiger charge is 1.95. The highest BCUT2D eigenvalue weighted by molar-refractivity contribution is 5.86. The van der Waals surface area contributed by atoms with Crippen LogP contribution in [0.5, 0.6) is 0 Å². The van der Waals surface area contributed by atoms with Gasteiger partial charge in [0.15, 0.2) is 0 Å². The molecule has 0 heterocycles. The van der Waals surface area contributed by atoms with Crippen LogP contribution in [0.15, 0.2) is 50.1 Å². The zero-order valence-electron chi connectivity index (χ0n) is 13.0. The SMILES string of the molecule is C=C(C)C(=O)OC.C=CC#N.C=CC(=O)O.C=CC(=O)OC. The summed E-state index contributed by atoms with van der Waals surface area (Å²) in [6.45, 7) is 14.2. The number of nitriles is 1. The van der Waals surface area contributed by atoms with E-state index in [1.807, 2.05) is 0 Å². The van der Waals surface area contributed by atoms with E-state index in [-0.39, 0.29) is 5.97 Å². The molecule has 0 saturated heterocycles. The van der Waals surface area contributed by atoms with Crippen molar-refractivity contribution < 1.29 is 29.0 Å². The molecule has 7 nitrogen and oxygen atoms in total. The third kappa shape index (κ3) is 43.6. The predicted octanol–water partition coefficient (Wildman–Crippen LogP) is 2.03. The fourth-order valence-electron chi connectivity index (χ4n) is 0.258. The number of nitrogens with zero attached hydrogens (tertiary/aromatic N) is 1. The van der Waals surface area contributed by atoms with Crippen LogP contribution in [0.3, 0.4) is 0 Å². The van der Waals surface area contributed by atoms with E-state index in [1.54, 1.807) is 13.0 Å². The summed E-state index contributed by atoms with van der Waals surface area (Å²) in [6, 6.07) is 1.69. The van der Waals surface area contributed by atoms with E-state index in [0.717, 1.165) is 12.2 Å². The Kier molecular flexibility index (Phi) is 28.5. The third-order valence-electron chi connectivity index (χ3n) is 1.17. The van der Waals surface area contributed by atoms with Gasteiger partial charge in [-0.25, -0.2) is 14.4 Å². The van der Waals surface area contributed by atoms with Crippen molar-refractivity contribution in [2.45, 2.75) is 6.92 Å². The standard InChI is InChI=1S/C5H8O2.C4H6O2.C3H3N.C3H4O2/c1-4(2)5(6)7-3;1-3-4(5)6-2;1-2-3-4;1-2-3(4)5/h1H2,2-3H3;3H,1H2,2H3;2H,1H2;2H,1H2,(H,4,5). The minimum absolute atomic E-state index is 0.347. The molecule has 0 aromatic rings. The lowest BCUT2D eigenvalue weighted by Crippen LogP contribution is -1.98. The molecule has 0 bridgehead atoms. The van der Waals surface area contributed by atoms with E-state index in [4.69, 9.17) is 10.4 Å². The van der Waals surface area contributed by atoms with Gasteiger partial charge >= 0.3 is 17.9 Å². The van der Waals surface area contributed by atoms with Gasteiger partial charge in [0, 0.05) is 23.8 Å². The fraction of sp³-hybridized carbons (Fsp3) is 0.200. The molecule has 7 heteroatoms. The van der Waals surface area contributed by atoms with E-state index in [1.165, 1.54) is 20.3 Å². The molecule has 0 unspecified atom stereocenters. The Hall–Kier alpha value is -3.14. The predicted molar refractivity (Wildman–Crippen MR) is 82.7 cm³/mol. The van der Waals surface area contributed by atoms with Crippen LogP contribution in [0.25, 0.3) is 0 Å². The molecule has 0 aliphatic rings. The van der Waals surface area contributed by atoms with Crippen molar-refractivity contribution >= 4 is 17.9 Å². The van der Waals surface area contributed by atoms with Crippen LogP contribution in [0.4, 0.5) is 0 Å². The van der Waals surface area contributed by atoms with Crippen LogP contribution in [-0.4, -0.2) is 37.2 Å². The number of methoxy groups -OCH3 is 2. The number of esters is 2. The van der Waals surface area contributed by atoms with Crippen molar-refractivity contribution in [3.05, 3.63) is 50.1 Å². The van der Waals surface area contributed by atoms with Crippen LogP contribution in [0.2, 0.25) is 0 Å². The second kappa shape index (κ2) is 23.0. The maximum atomic E-state index is 10.2. The van der Waals surface area contributed by atoms with Crippen molar-refractivity contribution in [1.82, 2.24) is 0 Å². The molecule has 0 spiro atoms. The van der Waals surface area contributed by atoms with Gasteiger partial charge < -0.3 is 14.6 Å². The number of allylic oxidation sites excluding steroid dienone is 1. The van der Waals surface area contributed by atoms with Gasteiger partial charge in [-0.1, -0.05) is 26.3 Å².